The van der Waals surface area contributed by atoms with Crippen molar-refractivity contribution in [3.05, 3.63) is 54.1 Å². The molecule has 0 aromatic heterocycles. The molecule has 164 valence electrons. The lowest BCUT2D eigenvalue weighted by atomic mass is 10.1. The van der Waals surface area contributed by atoms with Gasteiger partial charge in [-0.05, 0) is 36.2 Å². The lowest BCUT2D eigenvalue weighted by molar-refractivity contribution is -0.124. The average molecular weight is 425 g/mol. The molecule has 0 saturated carbocycles. The van der Waals surface area contributed by atoms with Crippen molar-refractivity contribution in [2.45, 2.75) is 25.8 Å². The summed E-state index contributed by atoms with van der Waals surface area (Å²) in [6, 6.07) is 12.8. The summed E-state index contributed by atoms with van der Waals surface area (Å²) in [5, 5.41) is 2.81. The minimum absolute atomic E-state index is 0.149. The fourth-order valence-electron chi connectivity index (χ4n) is 3.48. The van der Waals surface area contributed by atoms with Gasteiger partial charge in [0.25, 0.3) is 5.91 Å². The summed E-state index contributed by atoms with van der Waals surface area (Å²) in [6.45, 7) is 2.51. The number of nitrogens with one attached hydrogen (secondary N) is 1. The van der Waals surface area contributed by atoms with E-state index in [-0.39, 0.29) is 25.5 Å². The van der Waals surface area contributed by atoms with Gasteiger partial charge in [-0.25, -0.2) is 9.69 Å². The predicted molar refractivity (Wildman–Crippen MR) is 117 cm³/mol. The molecule has 2 aromatic rings. The van der Waals surface area contributed by atoms with E-state index in [0.29, 0.717) is 17.1 Å². The second-order valence-corrected chi connectivity index (χ2v) is 7.16. The van der Waals surface area contributed by atoms with Crippen LogP contribution in [-0.4, -0.2) is 56.2 Å². The maximum absolute atomic E-state index is 13.2. The Morgan fingerprint density at radius 1 is 1.10 bits per heavy atom. The molecule has 1 heterocycles. The number of urea groups is 1. The van der Waals surface area contributed by atoms with E-state index in [4.69, 9.17) is 9.47 Å². The van der Waals surface area contributed by atoms with Crippen LogP contribution in [0.1, 0.15) is 18.9 Å². The Morgan fingerprint density at radius 3 is 2.48 bits per heavy atom. The first kappa shape index (κ1) is 22.3. The first-order valence-electron chi connectivity index (χ1n) is 10.1. The highest BCUT2D eigenvalue weighted by molar-refractivity contribution is 6.22. The summed E-state index contributed by atoms with van der Waals surface area (Å²) in [4.78, 5) is 41.3. The number of ether oxygens (including phenoxy) is 2. The number of anilines is 2. The Labute approximate surface area is 181 Å². The molecule has 8 heteroatoms. The van der Waals surface area contributed by atoms with Gasteiger partial charge in [0.15, 0.2) is 0 Å². The maximum atomic E-state index is 13.2. The average Bonchev–Trinajstić information content (AvgIpc) is 3.01. The number of imide groups is 1. The molecule has 8 nitrogen and oxygen atoms in total. The number of amides is 4. The van der Waals surface area contributed by atoms with Crippen LogP contribution in [0.5, 0.6) is 5.75 Å². The van der Waals surface area contributed by atoms with Gasteiger partial charge in [-0.15, -0.1) is 0 Å². The highest BCUT2D eigenvalue weighted by Crippen LogP contribution is 2.29. The van der Waals surface area contributed by atoms with E-state index in [2.05, 4.69) is 12.2 Å². The normalized spacial score (nSPS) is 16.0. The molecule has 1 N–H and O–H groups in total. The SMILES string of the molecule is CCc1ccc(NC(=O)C[C@@H]2C(=O)N(c3cccc(OC)c3)C(=O)N2CCOC)cc1. The Kier molecular flexibility index (Phi) is 7.25. The molecule has 2 aromatic carbocycles. The molecule has 1 saturated heterocycles. The number of aryl methyl sites for hydroxylation is 1. The van der Waals surface area contributed by atoms with Gasteiger partial charge >= 0.3 is 6.03 Å². The van der Waals surface area contributed by atoms with E-state index < -0.39 is 18.0 Å². The van der Waals surface area contributed by atoms with Gasteiger partial charge < -0.3 is 19.7 Å². The number of hydrogen-bond acceptors (Lipinski definition) is 5. The molecule has 1 fully saturated rings. The second kappa shape index (κ2) is 10.1. The molecule has 1 atom stereocenters. The second-order valence-electron chi connectivity index (χ2n) is 7.16. The van der Waals surface area contributed by atoms with Gasteiger partial charge in [-0.2, -0.15) is 0 Å². The number of carbonyl (C=O) groups is 3. The van der Waals surface area contributed by atoms with Crippen LogP contribution < -0.4 is 15.0 Å². The van der Waals surface area contributed by atoms with Crippen LogP contribution in [0, 0.1) is 0 Å². The first-order valence-corrected chi connectivity index (χ1v) is 10.1. The van der Waals surface area contributed by atoms with Gasteiger partial charge in [0.2, 0.25) is 5.91 Å². The predicted octanol–water partition coefficient (Wildman–Crippen LogP) is 3.07. The zero-order valence-electron chi connectivity index (χ0n) is 18.0. The Bertz CT molecular complexity index is 944. The van der Waals surface area contributed by atoms with Crippen molar-refractivity contribution in [2.24, 2.45) is 0 Å². The quantitative estimate of drug-likeness (QED) is 0.624. The smallest absolute Gasteiger partial charge is 0.332 e. The molecule has 1 aliphatic rings. The molecular weight excluding hydrogens is 398 g/mol. The number of nitrogens with zero attached hydrogens (tertiary/aromatic N) is 2. The highest BCUT2D eigenvalue weighted by atomic mass is 16.5. The molecule has 3 rings (SSSR count). The van der Waals surface area contributed by atoms with E-state index in [0.717, 1.165) is 16.9 Å². The van der Waals surface area contributed by atoms with Crippen molar-refractivity contribution in [1.82, 2.24) is 4.90 Å². The van der Waals surface area contributed by atoms with E-state index in [1.54, 1.807) is 24.3 Å². The van der Waals surface area contributed by atoms with Gasteiger partial charge in [0, 0.05) is 25.4 Å². The summed E-state index contributed by atoms with van der Waals surface area (Å²) >= 11 is 0. The lowest BCUT2D eigenvalue weighted by Gasteiger charge is -2.21. The monoisotopic (exact) mass is 425 g/mol. The largest absolute Gasteiger partial charge is 0.497 e. The van der Waals surface area contributed by atoms with Crippen LogP contribution >= 0.6 is 0 Å². The molecule has 1 aliphatic heterocycles. The Balaban J connectivity index is 1.79. The Morgan fingerprint density at radius 2 is 1.84 bits per heavy atom. The first-order chi connectivity index (χ1) is 15.0. The van der Waals surface area contributed by atoms with Gasteiger partial charge in [0.1, 0.15) is 11.8 Å². The molecule has 31 heavy (non-hydrogen) atoms. The minimum atomic E-state index is -0.913. The van der Waals surface area contributed by atoms with Crippen molar-refractivity contribution in [2.75, 3.05) is 37.6 Å². The number of rotatable bonds is 9. The van der Waals surface area contributed by atoms with E-state index in [1.165, 1.54) is 19.1 Å². The zero-order valence-corrected chi connectivity index (χ0v) is 18.0. The number of benzene rings is 2. The maximum Gasteiger partial charge on any atom is 0.332 e. The minimum Gasteiger partial charge on any atom is -0.497 e. The van der Waals surface area contributed by atoms with Crippen LogP contribution in [0.15, 0.2) is 48.5 Å². The Hall–Kier alpha value is -3.39. The van der Waals surface area contributed by atoms with Gasteiger partial charge in [0.05, 0.1) is 25.8 Å². The summed E-state index contributed by atoms with van der Waals surface area (Å²) in [5.41, 5.74) is 2.20. The third kappa shape index (κ3) is 5.03. The molecule has 0 bridgehead atoms. The van der Waals surface area contributed by atoms with Crippen LogP contribution in [0.2, 0.25) is 0 Å². The zero-order chi connectivity index (χ0) is 22.4. The van der Waals surface area contributed by atoms with Crippen molar-refractivity contribution >= 4 is 29.2 Å². The van der Waals surface area contributed by atoms with Crippen LogP contribution in [0.4, 0.5) is 16.2 Å². The van der Waals surface area contributed by atoms with E-state index in [1.807, 2.05) is 24.3 Å². The molecule has 0 aliphatic carbocycles. The number of carbonyl (C=O) groups excluding carboxylic acids is 3. The van der Waals surface area contributed by atoms with E-state index >= 15 is 0 Å². The molecule has 0 unspecified atom stereocenters. The van der Waals surface area contributed by atoms with E-state index in [9.17, 15) is 14.4 Å². The topological polar surface area (TPSA) is 88.2 Å². The summed E-state index contributed by atoms with van der Waals surface area (Å²) in [5.74, 6) is -0.269. The molecule has 0 spiro atoms. The highest BCUT2D eigenvalue weighted by Gasteiger charge is 2.46. The fourth-order valence-corrected chi connectivity index (χ4v) is 3.48. The third-order valence-corrected chi connectivity index (χ3v) is 5.19. The molecular formula is C23H27N3O5. The van der Waals surface area contributed by atoms with Crippen LogP contribution in [-0.2, 0) is 20.7 Å². The molecule has 4 amide bonds. The fraction of sp³-hybridized carbons (Fsp3) is 0.348. The summed E-state index contributed by atoms with van der Waals surface area (Å²) < 4.78 is 10.3. The van der Waals surface area contributed by atoms with Gasteiger partial charge in [-0.3, -0.25) is 9.59 Å². The van der Waals surface area contributed by atoms with Crippen molar-refractivity contribution in [3.8, 4) is 5.75 Å². The van der Waals surface area contributed by atoms with Gasteiger partial charge in [-0.1, -0.05) is 25.1 Å². The number of hydrogen-bond donors (Lipinski definition) is 1. The van der Waals surface area contributed by atoms with Crippen LogP contribution in [0.3, 0.4) is 0 Å². The lowest BCUT2D eigenvalue weighted by Crippen LogP contribution is -2.39. The number of methoxy groups -OCH3 is 2. The van der Waals surface area contributed by atoms with Crippen molar-refractivity contribution in [3.63, 3.8) is 0 Å². The molecule has 0 radical (unpaired) electrons. The van der Waals surface area contributed by atoms with Crippen molar-refractivity contribution < 1.29 is 23.9 Å². The summed E-state index contributed by atoms with van der Waals surface area (Å²) in [6.07, 6.45) is 0.756. The third-order valence-electron chi connectivity index (χ3n) is 5.19. The van der Waals surface area contributed by atoms with Crippen molar-refractivity contribution in [1.29, 1.82) is 0 Å². The standard InChI is InChI=1S/C23H27N3O5/c1-4-16-8-10-17(11-9-16)24-21(27)15-20-22(28)26(23(29)25(20)12-13-30-2)18-6-5-7-19(14-18)31-3/h5-11,14,20H,4,12-13,15H2,1-3H3,(H,24,27)/t20-/m1/s1. The summed E-state index contributed by atoms with van der Waals surface area (Å²) in [7, 11) is 3.03. The van der Waals surface area contributed by atoms with Crippen LogP contribution in [0.25, 0.3) is 0 Å².